The van der Waals surface area contributed by atoms with Gasteiger partial charge in [-0.1, -0.05) is 6.07 Å². The molecular formula is C22H29N5O. The van der Waals surface area contributed by atoms with Crippen molar-refractivity contribution in [2.75, 3.05) is 37.6 Å². The molecule has 0 bridgehead atoms. The molecular weight excluding hydrogens is 350 g/mol. The molecule has 1 fully saturated rings. The fourth-order valence-corrected chi connectivity index (χ4v) is 3.96. The summed E-state index contributed by atoms with van der Waals surface area (Å²) in [5, 5.41) is 10.7. The highest BCUT2D eigenvalue weighted by molar-refractivity contribution is 5.77. The molecule has 0 amide bonds. The molecule has 1 N–H and O–H groups in total. The van der Waals surface area contributed by atoms with Crippen LogP contribution in [0, 0.1) is 13.8 Å². The Morgan fingerprint density at radius 1 is 1.00 bits per heavy atom. The molecule has 0 radical (unpaired) electrons. The molecule has 1 saturated heterocycles. The van der Waals surface area contributed by atoms with E-state index in [-0.39, 0.29) is 0 Å². The van der Waals surface area contributed by atoms with Crippen LogP contribution in [0.5, 0.6) is 0 Å². The normalized spacial score (nSPS) is 17.0. The lowest BCUT2D eigenvalue weighted by Crippen LogP contribution is -2.37. The van der Waals surface area contributed by atoms with Crippen molar-refractivity contribution in [1.82, 2.24) is 19.4 Å². The molecule has 0 spiro atoms. The van der Waals surface area contributed by atoms with Crippen molar-refractivity contribution in [3.63, 3.8) is 0 Å². The number of hydrogen-bond acceptors (Lipinski definition) is 5. The van der Waals surface area contributed by atoms with Gasteiger partial charge in [0.15, 0.2) is 0 Å². The number of aliphatic hydroxyl groups excluding tert-OH is 1. The third-order valence-corrected chi connectivity index (χ3v) is 5.67. The molecule has 6 heteroatoms. The van der Waals surface area contributed by atoms with Gasteiger partial charge in [0.1, 0.15) is 5.82 Å². The number of imidazole rings is 1. The molecule has 1 atom stereocenters. The predicted molar refractivity (Wildman–Crippen MR) is 113 cm³/mol. The van der Waals surface area contributed by atoms with Gasteiger partial charge in [-0.2, -0.15) is 0 Å². The van der Waals surface area contributed by atoms with Gasteiger partial charge in [-0.25, -0.2) is 9.97 Å². The van der Waals surface area contributed by atoms with Gasteiger partial charge in [-0.15, -0.1) is 0 Å². The van der Waals surface area contributed by atoms with Gasteiger partial charge in [-0.05, 0) is 62.2 Å². The molecule has 3 heterocycles. The van der Waals surface area contributed by atoms with Gasteiger partial charge in [0.25, 0.3) is 0 Å². The topological polar surface area (TPSA) is 57.4 Å². The van der Waals surface area contributed by atoms with Crippen molar-refractivity contribution in [2.24, 2.45) is 0 Å². The van der Waals surface area contributed by atoms with Gasteiger partial charge < -0.3 is 14.6 Å². The van der Waals surface area contributed by atoms with Gasteiger partial charge in [0.2, 0.25) is 0 Å². The van der Waals surface area contributed by atoms with E-state index < -0.39 is 6.10 Å². The molecule has 4 rings (SSSR count). The van der Waals surface area contributed by atoms with Crippen LogP contribution in [-0.2, 0) is 6.54 Å². The molecule has 1 aliphatic rings. The smallest absolute Gasteiger partial charge is 0.128 e. The van der Waals surface area contributed by atoms with Crippen molar-refractivity contribution in [3.05, 3.63) is 54.0 Å². The maximum absolute atomic E-state index is 10.7. The average Bonchev–Trinajstić information content (AvgIpc) is 2.91. The van der Waals surface area contributed by atoms with E-state index in [9.17, 15) is 5.11 Å². The fraction of sp³-hybridized carbons (Fsp3) is 0.455. The number of aromatic nitrogens is 3. The Kier molecular flexibility index (Phi) is 5.59. The Bertz CT molecular complexity index is 923. The number of benzene rings is 1. The molecule has 0 saturated carbocycles. The number of anilines is 1. The number of pyridine rings is 1. The predicted octanol–water partition coefficient (Wildman–Crippen LogP) is 2.62. The largest absolute Gasteiger partial charge is 0.390 e. The van der Waals surface area contributed by atoms with E-state index in [1.807, 2.05) is 24.7 Å². The van der Waals surface area contributed by atoms with Gasteiger partial charge in [0, 0.05) is 32.4 Å². The van der Waals surface area contributed by atoms with Crippen LogP contribution in [0.4, 0.5) is 5.82 Å². The second kappa shape index (κ2) is 8.29. The summed E-state index contributed by atoms with van der Waals surface area (Å²) in [4.78, 5) is 13.7. The van der Waals surface area contributed by atoms with Crippen molar-refractivity contribution in [1.29, 1.82) is 0 Å². The summed E-state index contributed by atoms with van der Waals surface area (Å²) in [5.41, 5.74) is 4.60. The van der Waals surface area contributed by atoms with Crippen LogP contribution in [-0.4, -0.2) is 63.4 Å². The third-order valence-electron chi connectivity index (χ3n) is 5.67. The van der Waals surface area contributed by atoms with Gasteiger partial charge >= 0.3 is 0 Å². The Morgan fingerprint density at radius 3 is 2.68 bits per heavy atom. The highest BCUT2D eigenvalue weighted by atomic mass is 16.3. The third kappa shape index (κ3) is 4.18. The van der Waals surface area contributed by atoms with E-state index in [0.717, 1.165) is 49.5 Å². The zero-order valence-electron chi connectivity index (χ0n) is 16.8. The van der Waals surface area contributed by atoms with E-state index >= 15 is 0 Å². The summed E-state index contributed by atoms with van der Waals surface area (Å²) in [6, 6.07) is 10.3. The number of nitrogens with zero attached hydrogens (tertiary/aromatic N) is 5. The van der Waals surface area contributed by atoms with Gasteiger partial charge in [-0.3, -0.25) is 4.90 Å². The molecule has 1 unspecified atom stereocenters. The highest BCUT2D eigenvalue weighted by Gasteiger charge is 2.19. The average molecular weight is 380 g/mol. The van der Waals surface area contributed by atoms with Crippen LogP contribution in [0.15, 0.2) is 42.9 Å². The van der Waals surface area contributed by atoms with E-state index in [4.69, 9.17) is 0 Å². The molecule has 6 nitrogen and oxygen atoms in total. The Labute approximate surface area is 166 Å². The van der Waals surface area contributed by atoms with Crippen molar-refractivity contribution in [2.45, 2.75) is 32.9 Å². The fourth-order valence-electron chi connectivity index (χ4n) is 3.96. The first-order valence-corrected chi connectivity index (χ1v) is 10.1. The Hall–Kier alpha value is -2.44. The zero-order valence-corrected chi connectivity index (χ0v) is 16.8. The number of hydrogen-bond donors (Lipinski definition) is 1. The first-order chi connectivity index (χ1) is 13.6. The maximum Gasteiger partial charge on any atom is 0.128 e. The summed E-state index contributed by atoms with van der Waals surface area (Å²) in [7, 11) is 0. The number of aryl methyl sites for hydroxylation is 2. The van der Waals surface area contributed by atoms with Crippen molar-refractivity contribution in [3.8, 4) is 0 Å². The summed E-state index contributed by atoms with van der Waals surface area (Å²) < 4.78 is 2.07. The zero-order chi connectivity index (χ0) is 19.5. The summed E-state index contributed by atoms with van der Waals surface area (Å²) in [5.74, 6) is 1.04. The van der Waals surface area contributed by atoms with Crippen molar-refractivity contribution >= 4 is 16.9 Å². The quantitative estimate of drug-likeness (QED) is 0.739. The van der Waals surface area contributed by atoms with Crippen LogP contribution < -0.4 is 4.90 Å². The number of aliphatic hydroxyl groups is 1. The molecule has 1 aliphatic heterocycles. The SMILES string of the molecule is Cc1cc2ncn(CC(O)CN3CCCN(c4ccccn4)CC3)c2cc1C. The number of rotatable bonds is 5. The second-order valence-corrected chi connectivity index (χ2v) is 7.81. The van der Waals surface area contributed by atoms with E-state index in [0.29, 0.717) is 13.1 Å². The van der Waals surface area contributed by atoms with Crippen LogP contribution in [0.2, 0.25) is 0 Å². The highest BCUT2D eigenvalue weighted by Crippen LogP contribution is 2.19. The van der Waals surface area contributed by atoms with Crippen LogP contribution in [0.25, 0.3) is 11.0 Å². The first-order valence-electron chi connectivity index (χ1n) is 10.1. The second-order valence-electron chi connectivity index (χ2n) is 7.81. The minimum absolute atomic E-state index is 0.416. The molecule has 2 aromatic heterocycles. The van der Waals surface area contributed by atoms with Crippen LogP contribution >= 0.6 is 0 Å². The van der Waals surface area contributed by atoms with E-state index in [2.05, 4.69) is 56.4 Å². The Morgan fingerprint density at radius 2 is 1.86 bits per heavy atom. The summed E-state index contributed by atoms with van der Waals surface area (Å²) >= 11 is 0. The lowest BCUT2D eigenvalue weighted by molar-refractivity contribution is 0.102. The molecule has 1 aromatic carbocycles. The molecule has 148 valence electrons. The maximum atomic E-state index is 10.7. The van der Waals surface area contributed by atoms with Gasteiger partial charge in [0.05, 0.1) is 30.0 Å². The minimum Gasteiger partial charge on any atom is -0.390 e. The minimum atomic E-state index is -0.416. The van der Waals surface area contributed by atoms with Crippen LogP contribution in [0.1, 0.15) is 17.5 Å². The summed E-state index contributed by atoms with van der Waals surface area (Å²) in [6.07, 6.45) is 4.36. The monoisotopic (exact) mass is 379 g/mol. The Balaban J connectivity index is 1.36. The van der Waals surface area contributed by atoms with E-state index in [1.165, 1.54) is 11.1 Å². The van der Waals surface area contributed by atoms with Crippen molar-refractivity contribution < 1.29 is 5.11 Å². The first kappa shape index (κ1) is 18.9. The lowest BCUT2D eigenvalue weighted by Gasteiger charge is -2.24. The molecule has 3 aromatic rings. The lowest BCUT2D eigenvalue weighted by atomic mass is 10.1. The molecule has 28 heavy (non-hydrogen) atoms. The van der Waals surface area contributed by atoms with E-state index in [1.54, 1.807) is 0 Å². The number of fused-ring (bicyclic) bond motifs is 1. The number of β-amino-alcohol motifs (C(OH)–C–C–N with tert-alkyl or cyclic N) is 1. The molecule has 0 aliphatic carbocycles. The van der Waals surface area contributed by atoms with Crippen LogP contribution in [0.3, 0.4) is 0 Å². The summed E-state index contributed by atoms with van der Waals surface area (Å²) in [6.45, 7) is 9.37. The standard InChI is InChI=1S/C22H29N5O/c1-17-12-20-21(13-18(17)2)27(16-24-20)15-19(28)14-25-8-5-9-26(11-10-25)22-6-3-4-7-23-22/h3-4,6-7,12-13,16,19,28H,5,8-11,14-15H2,1-2H3.